The van der Waals surface area contributed by atoms with Gasteiger partial charge in [0.25, 0.3) is 5.56 Å². The molecule has 4 heteroatoms. The lowest BCUT2D eigenvalue weighted by molar-refractivity contribution is 0.718. The number of nitrogens with one attached hydrogen (secondary N) is 1. The van der Waals surface area contributed by atoms with Crippen LogP contribution < -0.4 is 10.9 Å². The van der Waals surface area contributed by atoms with Crippen molar-refractivity contribution in [3.8, 4) is 0 Å². The van der Waals surface area contributed by atoms with E-state index in [-0.39, 0.29) is 5.56 Å². The summed E-state index contributed by atoms with van der Waals surface area (Å²) in [6.45, 7) is 2.66. The quantitative estimate of drug-likeness (QED) is 0.936. The lowest BCUT2D eigenvalue weighted by Crippen LogP contribution is -2.18. The van der Waals surface area contributed by atoms with Gasteiger partial charge in [-0.15, -0.1) is 0 Å². The van der Waals surface area contributed by atoms with Gasteiger partial charge in [0.1, 0.15) is 0 Å². The van der Waals surface area contributed by atoms with Crippen LogP contribution in [0.2, 0.25) is 5.02 Å². The molecule has 1 aliphatic rings. The monoisotopic (exact) mass is 288 g/mol. The van der Waals surface area contributed by atoms with Gasteiger partial charge in [0, 0.05) is 23.8 Å². The number of benzene rings is 1. The van der Waals surface area contributed by atoms with Crippen molar-refractivity contribution in [2.75, 3.05) is 5.32 Å². The molecule has 104 valence electrons. The topological polar surface area (TPSA) is 34.0 Å². The molecule has 2 aromatic rings. The number of fused-ring (bicyclic) bond motifs is 1. The second kappa shape index (κ2) is 5.33. The maximum absolute atomic E-state index is 11.6. The van der Waals surface area contributed by atoms with E-state index in [1.165, 1.54) is 11.1 Å². The minimum atomic E-state index is 0.0386. The van der Waals surface area contributed by atoms with Gasteiger partial charge in [-0.2, -0.15) is 0 Å². The molecule has 1 heterocycles. The molecule has 3 rings (SSSR count). The zero-order valence-electron chi connectivity index (χ0n) is 11.4. The van der Waals surface area contributed by atoms with Crippen LogP contribution in [0.1, 0.15) is 30.5 Å². The maximum atomic E-state index is 11.6. The molecule has 0 amide bonds. The van der Waals surface area contributed by atoms with Crippen LogP contribution in [-0.4, -0.2) is 4.57 Å². The smallest absolute Gasteiger partial charge is 0.250 e. The van der Waals surface area contributed by atoms with Crippen LogP contribution in [0.5, 0.6) is 0 Å². The number of hydrogen-bond donors (Lipinski definition) is 1. The summed E-state index contributed by atoms with van der Waals surface area (Å²) in [5, 5.41) is 4.31. The van der Waals surface area contributed by atoms with Gasteiger partial charge in [0.2, 0.25) is 0 Å². The average Bonchev–Trinajstić information content (AvgIpc) is 2.83. The first-order valence-corrected chi connectivity index (χ1v) is 7.30. The Kier molecular flexibility index (Phi) is 3.53. The Balaban J connectivity index is 1.85. The molecule has 0 saturated carbocycles. The molecule has 3 nitrogen and oxygen atoms in total. The van der Waals surface area contributed by atoms with Crippen molar-refractivity contribution >= 4 is 17.3 Å². The highest BCUT2D eigenvalue weighted by Gasteiger charge is 2.22. The Morgan fingerprint density at radius 1 is 1.35 bits per heavy atom. The third-order valence-corrected chi connectivity index (χ3v) is 4.08. The molecular weight excluding hydrogens is 272 g/mol. The number of nitrogens with zero attached hydrogens (tertiary/aromatic N) is 1. The van der Waals surface area contributed by atoms with E-state index >= 15 is 0 Å². The fraction of sp³-hybridized carbons (Fsp3) is 0.312. The van der Waals surface area contributed by atoms with E-state index in [0.717, 1.165) is 23.6 Å². The zero-order valence-corrected chi connectivity index (χ0v) is 12.2. The summed E-state index contributed by atoms with van der Waals surface area (Å²) in [4.78, 5) is 11.6. The molecule has 0 bridgehead atoms. The molecule has 0 aliphatic heterocycles. The van der Waals surface area contributed by atoms with Gasteiger partial charge in [-0.05, 0) is 49.1 Å². The van der Waals surface area contributed by atoms with Crippen molar-refractivity contribution < 1.29 is 0 Å². The standard InChI is InChI=1S/C16H17ClN2O/c1-2-19-10-13(5-8-16(19)20)18-15-7-3-11-9-12(17)4-6-14(11)15/h4-6,8-10,15,18H,2-3,7H2,1H3. The van der Waals surface area contributed by atoms with Crippen molar-refractivity contribution in [1.29, 1.82) is 0 Å². The first-order valence-electron chi connectivity index (χ1n) is 6.92. The van der Waals surface area contributed by atoms with E-state index < -0.39 is 0 Å². The van der Waals surface area contributed by atoms with Crippen molar-refractivity contribution in [3.63, 3.8) is 0 Å². The number of rotatable bonds is 3. The zero-order chi connectivity index (χ0) is 14.1. The fourth-order valence-electron chi connectivity index (χ4n) is 2.80. The van der Waals surface area contributed by atoms with Crippen LogP contribution in [0.25, 0.3) is 0 Å². The average molecular weight is 289 g/mol. The van der Waals surface area contributed by atoms with E-state index in [1.807, 2.05) is 31.3 Å². The van der Waals surface area contributed by atoms with E-state index in [0.29, 0.717) is 12.6 Å². The van der Waals surface area contributed by atoms with Crippen LogP contribution >= 0.6 is 11.6 Å². The highest BCUT2D eigenvalue weighted by atomic mass is 35.5. The Bertz CT molecular complexity index is 693. The Morgan fingerprint density at radius 2 is 2.20 bits per heavy atom. The second-order valence-electron chi connectivity index (χ2n) is 5.12. The number of halogens is 1. The first kappa shape index (κ1) is 13.3. The Morgan fingerprint density at radius 3 is 3.00 bits per heavy atom. The number of pyridine rings is 1. The summed E-state index contributed by atoms with van der Waals surface area (Å²) >= 11 is 6.03. The summed E-state index contributed by atoms with van der Waals surface area (Å²) in [5.41, 5.74) is 3.65. The summed E-state index contributed by atoms with van der Waals surface area (Å²) < 4.78 is 1.71. The number of aryl methyl sites for hydroxylation is 2. The summed E-state index contributed by atoms with van der Waals surface area (Å²) in [6.07, 6.45) is 3.98. The molecule has 1 aromatic heterocycles. The van der Waals surface area contributed by atoms with Gasteiger partial charge in [-0.3, -0.25) is 4.79 Å². The number of hydrogen-bond acceptors (Lipinski definition) is 2. The Hall–Kier alpha value is -1.74. The molecule has 1 N–H and O–H groups in total. The lowest BCUT2D eigenvalue weighted by Gasteiger charge is -2.16. The fourth-order valence-corrected chi connectivity index (χ4v) is 3.00. The highest BCUT2D eigenvalue weighted by molar-refractivity contribution is 6.30. The molecule has 1 atom stereocenters. The van der Waals surface area contributed by atoms with Crippen LogP contribution in [0.15, 0.2) is 41.3 Å². The van der Waals surface area contributed by atoms with Gasteiger partial charge in [-0.25, -0.2) is 0 Å². The van der Waals surface area contributed by atoms with Crippen molar-refractivity contribution in [2.24, 2.45) is 0 Å². The van der Waals surface area contributed by atoms with E-state index in [9.17, 15) is 4.79 Å². The second-order valence-corrected chi connectivity index (χ2v) is 5.56. The van der Waals surface area contributed by atoms with Crippen molar-refractivity contribution in [2.45, 2.75) is 32.4 Å². The van der Waals surface area contributed by atoms with Gasteiger partial charge in [0.15, 0.2) is 0 Å². The predicted molar refractivity (Wildman–Crippen MR) is 82.5 cm³/mol. The molecule has 1 aliphatic carbocycles. The molecule has 0 fully saturated rings. The van der Waals surface area contributed by atoms with Crippen molar-refractivity contribution in [3.05, 3.63) is 63.0 Å². The van der Waals surface area contributed by atoms with Gasteiger partial charge < -0.3 is 9.88 Å². The molecule has 0 saturated heterocycles. The van der Waals surface area contributed by atoms with E-state index in [2.05, 4.69) is 11.4 Å². The Labute approximate surface area is 123 Å². The van der Waals surface area contributed by atoms with Gasteiger partial charge in [0.05, 0.1) is 11.7 Å². The maximum Gasteiger partial charge on any atom is 0.250 e. The normalized spacial score (nSPS) is 17.0. The predicted octanol–water partition coefficient (Wildman–Crippen LogP) is 3.62. The van der Waals surface area contributed by atoms with Crippen LogP contribution in [0.4, 0.5) is 5.69 Å². The minimum absolute atomic E-state index is 0.0386. The lowest BCUT2D eigenvalue weighted by atomic mass is 10.1. The third kappa shape index (κ3) is 2.46. The number of anilines is 1. The van der Waals surface area contributed by atoms with E-state index in [4.69, 9.17) is 11.6 Å². The molecule has 0 spiro atoms. The summed E-state index contributed by atoms with van der Waals surface area (Å²) in [6, 6.07) is 9.84. The van der Waals surface area contributed by atoms with Gasteiger partial charge in [-0.1, -0.05) is 17.7 Å². The van der Waals surface area contributed by atoms with Crippen LogP contribution in [-0.2, 0) is 13.0 Å². The first-order chi connectivity index (χ1) is 9.67. The molecule has 0 radical (unpaired) electrons. The molecule has 1 aromatic carbocycles. The van der Waals surface area contributed by atoms with Crippen molar-refractivity contribution in [1.82, 2.24) is 4.57 Å². The molecular formula is C16H17ClN2O. The highest BCUT2D eigenvalue weighted by Crippen LogP contribution is 2.35. The third-order valence-electron chi connectivity index (χ3n) is 3.85. The SMILES string of the molecule is CCn1cc(NC2CCc3cc(Cl)ccc32)ccc1=O. The number of aromatic nitrogens is 1. The van der Waals surface area contributed by atoms with E-state index in [1.54, 1.807) is 10.6 Å². The molecule has 1 unspecified atom stereocenters. The minimum Gasteiger partial charge on any atom is -0.377 e. The van der Waals surface area contributed by atoms with Crippen LogP contribution in [0.3, 0.4) is 0 Å². The molecule has 20 heavy (non-hydrogen) atoms. The summed E-state index contributed by atoms with van der Waals surface area (Å²) in [5.74, 6) is 0. The largest absolute Gasteiger partial charge is 0.377 e. The van der Waals surface area contributed by atoms with Crippen LogP contribution in [0, 0.1) is 0 Å². The van der Waals surface area contributed by atoms with Gasteiger partial charge >= 0.3 is 0 Å². The summed E-state index contributed by atoms with van der Waals surface area (Å²) in [7, 11) is 0.